The van der Waals surface area contributed by atoms with Crippen LogP contribution in [-0.4, -0.2) is 4.98 Å². The first-order chi connectivity index (χ1) is 7.61. The number of aryl methyl sites for hydroxylation is 3. The molecule has 1 heterocycles. The highest BCUT2D eigenvalue weighted by Crippen LogP contribution is 2.25. The van der Waals surface area contributed by atoms with Crippen molar-refractivity contribution in [2.75, 3.05) is 0 Å². The van der Waals surface area contributed by atoms with E-state index < -0.39 is 0 Å². The van der Waals surface area contributed by atoms with Crippen LogP contribution in [0.25, 0.3) is 11.3 Å². The number of hydrogen-bond donors (Lipinski definition) is 1. The van der Waals surface area contributed by atoms with Gasteiger partial charge in [-0.1, -0.05) is 12.1 Å². The molecule has 0 saturated carbocycles. The molecule has 1 aromatic carbocycles. The summed E-state index contributed by atoms with van der Waals surface area (Å²) in [5.74, 6) is 1.55. The molecule has 0 atom stereocenters. The Kier molecular flexibility index (Phi) is 2.79. The number of nitrogens with two attached hydrogens (primary N) is 1. The predicted molar refractivity (Wildman–Crippen MR) is 64.0 cm³/mol. The van der Waals surface area contributed by atoms with Gasteiger partial charge in [-0.15, -0.1) is 0 Å². The van der Waals surface area contributed by atoms with Gasteiger partial charge in [-0.3, -0.25) is 0 Å². The summed E-state index contributed by atoms with van der Waals surface area (Å²) in [5, 5.41) is 0. The Morgan fingerprint density at radius 3 is 2.56 bits per heavy atom. The van der Waals surface area contributed by atoms with E-state index in [0.29, 0.717) is 12.4 Å². The van der Waals surface area contributed by atoms with Gasteiger partial charge < -0.3 is 10.2 Å². The molecule has 0 aliphatic carbocycles. The summed E-state index contributed by atoms with van der Waals surface area (Å²) in [4.78, 5) is 4.38. The first-order valence-electron chi connectivity index (χ1n) is 5.36. The molecule has 2 N–H and O–H groups in total. The third-order valence-corrected chi connectivity index (χ3v) is 2.75. The largest absolute Gasteiger partial charge is 0.446 e. The zero-order chi connectivity index (χ0) is 11.7. The van der Waals surface area contributed by atoms with Crippen LogP contribution in [0.2, 0.25) is 0 Å². The molecule has 3 heteroatoms. The van der Waals surface area contributed by atoms with Crippen molar-refractivity contribution in [3.8, 4) is 11.3 Å². The third kappa shape index (κ3) is 1.86. The molecule has 0 radical (unpaired) electrons. The number of rotatable bonds is 2. The zero-order valence-electron chi connectivity index (χ0n) is 9.87. The van der Waals surface area contributed by atoms with E-state index in [9.17, 15) is 0 Å². The van der Waals surface area contributed by atoms with Crippen LogP contribution < -0.4 is 5.73 Å². The minimum absolute atomic E-state index is 0.551. The summed E-state index contributed by atoms with van der Waals surface area (Å²) in [6, 6.07) is 6.21. The second kappa shape index (κ2) is 4.10. The van der Waals surface area contributed by atoms with E-state index in [1.54, 1.807) is 0 Å². The highest BCUT2D eigenvalue weighted by Gasteiger charge is 2.10. The minimum atomic E-state index is 0.551. The lowest BCUT2D eigenvalue weighted by Gasteiger charge is -2.05. The monoisotopic (exact) mass is 216 g/mol. The van der Waals surface area contributed by atoms with E-state index in [-0.39, 0.29) is 0 Å². The average molecular weight is 216 g/mol. The maximum absolute atomic E-state index is 5.70. The molecule has 2 rings (SSSR count). The fourth-order valence-corrected chi connectivity index (χ4v) is 1.84. The van der Waals surface area contributed by atoms with E-state index in [0.717, 1.165) is 22.6 Å². The molecule has 0 bridgehead atoms. The van der Waals surface area contributed by atoms with Gasteiger partial charge in [0.25, 0.3) is 0 Å². The van der Waals surface area contributed by atoms with Crippen LogP contribution >= 0.6 is 0 Å². The SMILES string of the molecule is Cc1nc(-c2ccc(C)c(CN)c2)c(C)o1. The summed E-state index contributed by atoms with van der Waals surface area (Å²) in [5.41, 5.74) is 10.0. The summed E-state index contributed by atoms with van der Waals surface area (Å²) < 4.78 is 5.43. The number of oxazole rings is 1. The van der Waals surface area contributed by atoms with Crippen LogP contribution in [0.1, 0.15) is 22.8 Å². The van der Waals surface area contributed by atoms with Crippen molar-refractivity contribution in [2.45, 2.75) is 27.3 Å². The van der Waals surface area contributed by atoms with Gasteiger partial charge in [0.1, 0.15) is 11.5 Å². The quantitative estimate of drug-likeness (QED) is 0.839. The molecule has 0 amide bonds. The summed E-state index contributed by atoms with van der Waals surface area (Å²) in [7, 11) is 0. The van der Waals surface area contributed by atoms with Crippen molar-refractivity contribution in [3.63, 3.8) is 0 Å². The molecule has 0 fully saturated rings. The smallest absolute Gasteiger partial charge is 0.191 e. The van der Waals surface area contributed by atoms with Crippen molar-refractivity contribution in [3.05, 3.63) is 41.0 Å². The van der Waals surface area contributed by atoms with Gasteiger partial charge >= 0.3 is 0 Å². The van der Waals surface area contributed by atoms with Gasteiger partial charge in [-0.05, 0) is 31.0 Å². The maximum atomic E-state index is 5.70. The van der Waals surface area contributed by atoms with Crippen LogP contribution in [0.4, 0.5) is 0 Å². The highest BCUT2D eigenvalue weighted by molar-refractivity contribution is 5.62. The molecular formula is C13H16N2O. The van der Waals surface area contributed by atoms with Gasteiger partial charge in [0.2, 0.25) is 0 Å². The van der Waals surface area contributed by atoms with Crippen LogP contribution in [0.5, 0.6) is 0 Å². The van der Waals surface area contributed by atoms with Gasteiger partial charge in [-0.25, -0.2) is 4.98 Å². The molecule has 0 spiro atoms. The lowest BCUT2D eigenvalue weighted by Crippen LogP contribution is -1.99. The van der Waals surface area contributed by atoms with Crippen LogP contribution in [-0.2, 0) is 6.54 Å². The normalized spacial score (nSPS) is 10.8. The predicted octanol–water partition coefficient (Wildman–Crippen LogP) is 2.73. The standard InChI is InChI=1S/C13H16N2O/c1-8-4-5-11(6-12(8)7-14)13-9(2)16-10(3)15-13/h4-6H,7,14H2,1-3H3. The van der Waals surface area contributed by atoms with E-state index in [1.165, 1.54) is 5.56 Å². The topological polar surface area (TPSA) is 52.0 Å². The Labute approximate surface area is 95.3 Å². The first-order valence-corrected chi connectivity index (χ1v) is 5.36. The Bertz CT molecular complexity index is 515. The van der Waals surface area contributed by atoms with Gasteiger partial charge in [0.15, 0.2) is 5.89 Å². The van der Waals surface area contributed by atoms with E-state index in [2.05, 4.69) is 30.1 Å². The lowest BCUT2D eigenvalue weighted by molar-refractivity contribution is 0.495. The zero-order valence-corrected chi connectivity index (χ0v) is 9.87. The van der Waals surface area contributed by atoms with Crippen LogP contribution in [0.3, 0.4) is 0 Å². The summed E-state index contributed by atoms with van der Waals surface area (Å²) in [6.07, 6.45) is 0. The number of benzene rings is 1. The van der Waals surface area contributed by atoms with Crippen LogP contribution in [0, 0.1) is 20.8 Å². The Balaban J connectivity index is 2.52. The van der Waals surface area contributed by atoms with E-state index >= 15 is 0 Å². The molecule has 0 saturated heterocycles. The molecule has 0 aliphatic rings. The molecule has 0 aliphatic heterocycles. The Hall–Kier alpha value is -1.61. The number of hydrogen-bond acceptors (Lipinski definition) is 3. The van der Waals surface area contributed by atoms with E-state index in [1.807, 2.05) is 13.8 Å². The summed E-state index contributed by atoms with van der Waals surface area (Å²) in [6.45, 7) is 6.40. The highest BCUT2D eigenvalue weighted by atomic mass is 16.4. The fourth-order valence-electron chi connectivity index (χ4n) is 1.84. The number of aromatic nitrogens is 1. The van der Waals surface area contributed by atoms with Crippen molar-refractivity contribution in [2.24, 2.45) is 5.73 Å². The van der Waals surface area contributed by atoms with Crippen LogP contribution in [0.15, 0.2) is 22.6 Å². The molecular weight excluding hydrogens is 200 g/mol. The summed E-state index contributed by atoms with van der Waals surface area (Å²) >= 11 is 0. The molecule has 84 valence electrons. The third-order valence-electron chi connectivity index (χ3n) is 2.75. The second-order valence-corrected chi connectivity index (χ2v) is 3.98. The fraction of sp³-hybridized carbons (Fsp3) is 0.308. The Morgan fingerprint density at radius 1 is 1.25 bits per heavy atom. The van der Waals surface area contributed by atoms with Gasteiger partial charge in [0, 0.05) is 19.0 Å². The van der Waals surface area contributed by atoms with Crippen molar-refractivity contribution < 1.29 is 4.42 Å². The maximum Gasteiger partial charge on any atom is 0.191 e. The average Bonchev–Trinajstić information content (AvgIpc) is 2.59. The van der Waals surface area contributed by atoms with E-state index in [4.69, 9.17) is 10.2 Å². The molecule has 0 unspecified atom stereocenters. The minimum Gasteiger partial charge on any atom is -0.446 e. The number of nitrogens with zero attached hydrogens (tertiary/aromatic N) is 1. The molecule has 2 aromatic rings. The lowest BCUT2D eigenvalue weighted by atomic mass is 10.0. The van der Waals surface area contributed by atoms with Crippen molar-refractivity contribution in [1.29, 1.82) is 0 Å². The molecule has 3 nitrogen and oxygen atoms in total. The second-order valence-electron chi connectivity index (χ2n) is 3.98. The van der Waals surface area contributed by atoms with Crippen molar-refractivity contribution >= 4 is 0 Å². The first kappa shape index (κ1) is 10.9. The van der Waals surface area contributed by atoms with Crippen molar-refractivity contribution in [1.82, 2.24) is 4.98 Å². The molecule has 1 aromatic heterocycles. The molecule has 16 heavy (non-hydrogen) atoms. The van der Waals surface area contributed by atoms with Gasteiger partial charge in [0.05, 0.1) is 0 Å². The Morgan fingerprint density at radius 2 is 2.00 bits per heavy atom. The van der Waals surface area contributed by atoms with Gasteiger partial charge in [-0.2, -0.15) is 0 Å².